The number of nitrogens with zero attached hydrogens (tertiary/aromatic N) is 1. The summed E-state index contributed by atoms with van der Waals surface area (Å²) in [5.41, 5.74) is 0. The van der Waals surface area contributed by atoms with E-state index in [-0.39, 0.29) is 12.6 Å². The Kier molecular flexibility index (Phi) is 21.5. The van der Waals surface area contributed by atoms with Crippen LogP contribution in [0.15, 0.2) is 0 Å². The van der Waals surface area contributed by atoms with Crippen LogP contribution in [0.2, 0.25) is 0 Å². The first kappa shape index (κ1) is 32.8. The first-order chi connectivity index (χ1) is 17.2. The number of hydrogen-bond donors (Lipinski definition) is 3. The molecule has 1 heterocycles. The summed E-state index contributed by atoms with van der Waals surface area (Å²) in [5.74, 6) is 0. The van der Waals surface area contributed by atoms with Gasteiger partial charge in [0.05, 0.1) is 18.8 Å². The van der Waals surface area contributed by atoms with E-state index in [2.05, 4.69) is 18.7 Å². The Morgan fingerprint density at radius 3 is 1.51 bits per heavy atom. The molecule has 1 rings (SSSR count). The van der Waals surface area contributed by atoms with E-state index in [9.17, 15) is 15.3 Å². The number of aliphatic hydroxyl groups excluding tert-OH is 3. The Labute approximate surface area is 218 Å². The molecule has 0 aromatic heterocycles. The van der Waals surface area contributed by atoms with Crippen LogP contribution >= 0.6 is 0 Å². The summed E-state index contributed by atoms with van der Waals surface area (Å²) in [4.78, 5) is 2.14. The van der Waals surface area contributed by atoms with Gasteiger partial charge in [-0.3, -0.25) is 4.90 Å². The summed E-state index contributed by atoms with van der Waals surface area (Å²) in [6.45, 7) is 6.34. The van der Waals surface area contributed by atoms with Crippen molar-refractivity contribution in [2.45, 2.75) is 167 Å². The zero-order valence-corrected chi connectivity index (χ0v) is 23.5. The second-order valence-electron chi connectivity index (χ2n) is 11.0. The van der Waals surface area contributed by atoms with Gasteiger partial charge in [-0.15, -0.1) is 0 Å². The fraction of sp³-hybridized carbons (Fsp3) is 1.00. The predicted octanol–water partition coefficient (Wildman–Crippen LogP) is 6.61. The highest BCUT2D eigenvalue weighted by atomic mass is 16.5. The van der Waals surface area contributed by atoms with Crippen molar-refractivity contribution in [1.29, 1.82) is 0 Å². The summed E-state index contributed by atoms with van der Waals surface area (Å²) in [6.07, 6.45) is 23.5. The third kappa shape index (κ3) is 15.6. The van der Waals surface area contributed by atoms with Crippen LogP contribution in [0, 0.1) is 0 Å². The molecule has 1 aliphatic heterocycles. The van der Waals surface area contributed by atoms with Crippen molar-refractivity contribution in [1.82, 2.24) is 4.90 Å². The van der Waals surface area contributed by atoms with Gasteiger partial charge < -0.3 is 20.1 Å². The number of rotatable bonds is 24. The monoisotopic (exact) mass is 499 g/mol. The minimum Gasteiger partial charge on any atom is -0.395 e. The Hall–Kier alpha value is -0.200. The molecule has 1 fully saturated rings. The van der Waals surface area contributed by atoms with Crippen LogP contribution in [0.5, 0.6) is 0 Å². The summed E-state index contributed by atoms with van der Waals surface area (Å²) < 4.78 is 6.06. The maximum absolute atomic E-state index is 10.6. The van der Waals surface area contributed by atoms with E-state index < -0.39 is 18.3 Å². The summed E-state index contributed by atoms with van der Waals surface area (Å²) >= 11 is 0. The van der Waals surface area contributed by atoms with Crippen LogP contribution in [-0.2, 0) is 4.74 Å². The molecule has 1 aliphatic rings. The number of unbranched alkanes of at least 4 members (excludes halogenated alkanes) is 18. The highest BCUT2D eigenvalue weighted by molar-refractivity contribution is 4.95. The van der Waals surface area contributed by atoms with E-state index in [4.69, 9.17) is 4.74 Å². The van der Waals surface area contributed by atoms with Gasteiger partial charge in [-0.05, 0) is 19.4 Å². The first-order valence-corrected chi connectivity index (χ1v) is 15.5. The largest absolute Gasteiger partial charge is 0.395 e. The molecule has 3 N–H and O–H groups in total. The molecule has 35 heavy (non-hydrogen) atoms. The van der Waals surface area contributed by atoms with Crippen molar-refractivity contribution in [3.8, 4) is 0 Å². The van der Waals surface area contributed by atoms with Gasteiger partial charge >= 0.3 is 0 Å². The number of aliphatic hydroxyl groups is 3. The smallest absolute Gasteiger partial charge is 0.109 e. The maximum atomic E-state index is 10.6. The van der Waals surface area contributed by atoms with Gasteiger partial charge in [0.25, 0.3) is 0 Å². The van der Waals surface area contributed by atoms with Gasteiger partial charge in [0.1, 0.15) is 12.2 Å². The van der Waals surface area contributed by atoms with Crippen molar-refractivity contribution in [2.75, 3.05) is 26.3 Å². The van der Waals surface area contributed by atoms with Crippen molar-refractivity contribution in [2.24, 2.45) is 0 Å². The van der Waals surface area contributed by atoms with Crippen LogP contribution in [0.1, 0.15) is 142 Å². The number of β-amino-alcohol motifs (C(OH)–C–C–N with tert-alkyl or cyclic N) is 1. The number of piperidine rings is 1. The summed E-state index contributed by atoms with van der Waals surface area (Å²) in [5, 5.41) is 31.0. The highest BCUT2D eigenvalue weighted by Crippen LogP contribution is 2.23. The van der Waals surface area contributed by atoms with Crippen LogP contribution in [0.3, 0.4) is 0 Å². The van der Waals surface area contributed by atoms with E-state index in [0.717, 1.165) is 25.8 Å². The van der Waals surface area contributed by atoms with Crippen molar-refractivity contribution in [3.63, 3.8) is 0 Å². The highest BCUT2D eigenvalue weighted by Gasteiger charge is 2.42. The molecular weight excluding hydrogens is 438 g/mol. The Bertz CT molecular complexity index is 450. The molecule has 5 nitrogen and oxygen atoms in total. The molecule has 4 atom stereocenters. The van der Waals surface area contributed by atoms with Crippen LogP contribution in [-0.4, -0.2) is 70.9 Å². The SMILES string of the molecule is CCCCCCCCCCCCO[C@H]1[C@H](O)[C@@H](O)CN(CCCCCCCCCCCC)[C@@H]1CO. The van der Waals surface area contributed by atoms with Crippen LogP contribution in [0.4, 0.5) is 0 Å². The molecule has 5 heteroatoms. The molecule has 0 aromatic carbocycles. The van der Waals surface area contributed by atoms with E-state index in [1.807, 2.05) is 0 Å². The molecule has 210 valence electrons. The Morgan fingerprint density at radius 1 is 0.629 bits per heavy atom. The van der Waals surface area contributed by atoms with Gasteiger partial charge in [0.2, 0.25) is 0 Å². The standard InChI is InChI=1S/C30H61NO4/c1-3-5-7-9-11-13-15-17-19-21-23-31-25-28(33)29(34)30(27(31)26-32)35-24-22-20-18-16-14-12-10-8-6-4-2/h27-30,32-34H,3-26H2,1-2H3/t27-,28+,29-,30-/m1/s1. The number of likely N-dealkylation sites (tertiary alicyclic amines) is 1. The van der Waals surface area contributed by atoms with Crippen molar-refractivity contribution < 1.29 is 20.1 Å². The van der Waals surface area contributed by atoms with Crippen molar-refractivity contribution in [3.05, 3.63) is 0 Å². The van der Waals surface area contributed by atoms with Gasteiger partial charge in [0, 0.05) is 13.2 Å². The third-order valence-corrected chi connectivity index (χ3v) is 7.79. The fourth-order valence-corrected chi connectivity index (χ4v) is 5.44. The van der Waals surface area contributed by atoms with Crippen molar-refractivity contribution >= 4 is 0 Å². The first-order valence-electron chi connectivity index (χ1n) is 15.5. The van der Waals surface area contributed by atoms with Gasteiger partial charge in [-0.2, -0.15) is 0 Å². The Morgan fingerprint density at radius 2 is 1.06 bits per heavy atom. The number of hydrogen-bond acceptors (Lipinski definition) is 5. The van der Waals surface area contributed by atoms with E-state index in [0.29, 0.717) is 13.2 Å². The number of ether oxygens (including phenoxy) is 1. The lowest BCUT2D eigenvalue weighted by Gasteiger charge is -2.45. The molecule has 1 saturated heterocycles. The zero-order chi connectivity index (χ0) is 25.6. The fourth-order valence-electron chi connectivity index (χ4n) is 5.44. The minimum absolute atomic E-state index is 0.0375. The lowest BCUT2D eigenvalue weighted by molar-refractivity contribution is -0.167. The average molecular weight is 500 g/mol. The molecule has 0 bridgehead atoms. The zero-order valence-electron chi connectivity index (χ0n) is 23.5. The molecule has 0 radical (unpaired) electrons. The van der Waals surface area contributed by atoms with Gasteiger partial charge in [-0.25, -0.2) is 0 Å². The molecule has 0 aliphatic carbocycles. The normalized spacial score (nSPS) is 23.2. The van der Waals surface area contributed by atoms with E-state index in [1.54, 1.807) is 0 Å². The third-order valence-electron chi connectivity index (χ3n) is 7.79. The predicted molar refractivity (Wildman–Crippen MR) is 148 cm³/mol. The molecule has 0 unspecified atom stereocenters. The Balaban J connectivity index is 2.19. The van der Waals surface area contributed by atoms with Crippen LogP contribution in [0.25, 0.3) is 0 Å². The molecule has 0 aromatic rings. The lowest BCUT2D eigenvalue weighted by atomic mass is 9.93. The molecule has 0 spiro atoms. The molecule has 0 amide bonds. The second-order valence-corrected chi connectivity index (χ2v) is 11.0. The van der Waals surface area contributed by atoms with Crippen LogP contribution < -0.4 is 0 Å². The maximum Gasteiger partial charge on any atom is 0.109 e. The van der Waals surface area contributed by atoms with E-state index >= 15 is 0 Å². The minimum atomic E-state index is -0.917. The summed E-state index contributed by atoms with van der Waals surface area (Å²) in [7, 11) is 0. The molecular formula is C30H61NO4. The van der Waals surface area contributed by atoms with E-state index in [1.165, 1.54) is 109 Å². The second kappa shape index (κ2) is 23.0. The lowest BCUT2D eigenvalue weighted by Crippen LogP contribution is -2.63. The topological polar surface area (TPSA) is 73.2 Å². The summed E-state index contributed by atoms with van der Waals surface area (Å²) in [6, 6.07) is -0.227. The van der Waals surface area contributed by atoms with Gasteiger partial charge in [-0.1, -0.05) is 129 Å². The average Bonchev–Trinajstić information content (AvgIpc) is 2.86. The quantitative estimate of drug-likeness (QED) is 0.130. The van der Waals surface area contributed by atoms with Gasteiger partial charge in [0.15, 0.2) is 0 Å². The molecule has 0 saturated carbocycles.